The summed E-state index contributed by atoms with van der Waals surface area (Å²) in [7, 11) is 0. The van der Waals surface area contributed by atoms with E-state index in [-0.39, 0.29) is 0 Å². The fraction of sp³-hybridized carbons (Fsp3) is 0.200. The molecule has 94 valence electrons. The summed E-state index contributed by atoms with van der Waals surface area (Å²) >= 11 is 0. The third kappa shape index (κ3) is 3.64. The van der Waals surface area contributed by atoms with Gasteiger partial charge in [0.15, 0.2) is 11.6 Å². The van der Waals surface area contributed by atoms with Crippen molar-refractivity contribution in [3.8, 4) is 0 Å². The van der Waals surface area contributed by atoms with Gasteiger partial charge in [0.25, 0.3) is 0 Å². The molecule has 2 aromatic carbocycles. The van der Waals surface area contributed by atoms with Crippen LogP contribution in [0.2, 0.25) is 0 Å². The lowest BCUT2D eigenvalue weighted by molar-refractivity contribution is 0.506. The first-order chi connectivity index (χ1) is 8.75. The van der Waals surface area contributed by atoms with Crippen molar-refractivity contribution in [1.29, 1.82) is 0 Å². The Labute approximate surface area is 105 Å². The molecule has 1 nitrogen and oxygen atoms in total. The second kappa shape index (κ2) is 6.26. The number of benzene rings is 2. The molecule has 18 heavy (non-hydrogen) atoms. The molecule has 0 amide bonds. The predicted octanol–water partition coefficient (Wildman–Crippen LogP) is 3.30. The normalized spacial score (nSPS) is 10.6. The summed E-state index contributed by atoms with van der Waals surface area (Å²) in [4.78, 5) is 0. The van der Waals surface area contributed by atoms with Gasteiger partial charge in [-0.1, -0.05) is 36.4 Å². The van der Waals surface area contributed by atoms with E-state index in [1.54, 1.807) is 6.07 Å². The smallest absolute Gasteiger partial charge is 0.159 e. The summed E-state index contributed by atoms with van der Waals surface area (Å²) in [6, 6.07) is 14.1. The first-order valence-electron chi connectivity index (χ1n) is 5.94. The first-order valence-corrected chi connectivity index (χ1v) is 5.94. The lowest BCUT2D eigenvalue weighted by Crippen LogP contribution is -2.16. The van der Waals surface area contributed by atoms with Gasteiger partial charge in [-0.05, 0) is 36.2 Å². The molecule has 0 atom stereocenters. The summed E-state index contributed by atoms with van der Waals surface area (Å²) < 4.78 is 25.7. The summed E-state index contributed by atoms with van der Waals surface area (Å²) in [6.07, 6.45) is 0.921. The van der Waals surface area contributed by atoms with E-state index < -0.39 is 11.6 Å². The Bertz CT molecular complexity index is 497. The molecule has 0 radical (unpaired) electrons. The van der Waals surface area contributed by atoms with E-state index in [1.807, 2.05) is 18.2 Å². The maximum absolute atomic E-state index is 13.0. The van der Waals surface area contributed by atoms with Gasteiger partial charge in [0.2, 0.25) is 0 Å². The molecule has 2 rings (SSSR count). The quantitative estimate of drug-likeness (QED) is 0.799. The fourth-order valence-corrected chi connectivity index (χ4v) is 1.76. The number of hydrogen-bond acceptors (Lipinski definition) is 1. The van der Waals surface area contributed by atoms with Gasteiger partial charge in [-0.25, -0.2) is 8.78 Å². The Balaban J connectivity index is 1.77. The van der Waals surface area contributed by atoms with E-state index in [2.05, 4.69) is 17.4 Å². The summed E-state index contributed by atoms with van der Waals surface area (Å²) in [5.41, 5.74) is 2.01. The van der Waals surface area contributed by atoms with E-state index in [9.17, 15) is 8.78 Å². The average Bonchev–Trinajstić information content (AvgIpc) is 2.40. The molecular formula is C15H15F2N. The minimum Gasteiger partial charge on any atom is -0.312 e. The van der Waals surface area contributed by atoms with Gasteiger partial charge in [0.05, 0.1) is 0 Å². The van der Waals surface area contributed by atoms with Gasteiger partial charge in [-0.3, -0.25) is 0 Å². The highest BCUT2D eigenvalue weighted by Crippen LogP contribution is 2.08. The van der Waals surface area contributed by atoms with Crippen molar-refractivity contribution < 1.29 is 8.78 Å². The van der Waals surface area contributed by atoms with Gasteiger partial charge in [0, 0.05) is 6.54 Å². The van der Waals surface area contributed by atoms with Gasteiger partial charge < -0.3 is 5.32 Å². The number of rotatable bonds is 5. The standard InChI is InChI=1S/C15H15F2N/c16-14-7-6-13(10-15(14)17)11-18-9-8-12-4-2-1-3-5-12/h1-7,10,18H,8-9,11H2. The van der Waals surface area contributed by atoms with Gasteiger partial charge >= 0.3 is 0 Å². The van der Waals surface area contributed by atoms with E-state index in [4.69, 9.17) is 0 Å². The molecule has 0 saturated carbocycles. The van der Waals surface area contributed by atoms with Gasteiger partial charge in [-0.2, -0.15) is 0 Å². The largest absolute Gasteiger partial charge is 0.312 e. The van der Waals surface area contributed by atoms with Crippen molar-refractivity contribution in [3.05, 3.63) is 71.3 Å². The molecule has 0 bridgehead atoms. The van der Waals surface area contributed by atoms with Crippen molar-refractivity contribution in [1.82, 2.24) is 5.32 Å². The Hall–Kier alpha value is -1.74. The highest BCUT2D eigenvalue weighted by Gasteiger charge is 2.01. The number of halogens is 2. The zero-order valence-electron chi connectivity index (χ0n) is 10.00. The van der Waals surface area contributed by atoms with Crippen LogP contribution in [0.4, 0.5) is 8.78 Å². The van der Waals surface area contributed by atoms with Crippen LogP contribution in [0.5, 0.6) is 0 Å². The molecule has 0 saturated heterocycles. The van der Waals surface area contributed by atoms with Crippen LogP contribution >= 0.6 is 0 Å². The molecule has 0 aliphatic rings. The molecule has 0 aliphatic heterocycles. The lowest BCUT2D eigenvalue weighted by Gasteiger charge is -2.05. The topological polar surface area (TPSA) is 12.0 Å². The third-order valence-corrected chi connectivity index (χ3v) is 2.75. The van der Waals surface area contributed by atoms with Crippen LogP contribution in [-0.2, 0) is 13.0 Å². The molecule has 0 aromatic heterocycles. The lowest BCUT2D eigenvalue weighted by atomic mass is 10.1. The fourth-order valence-electron chi connectivity index (χ4n) is 1.76. The van der Waals surface area contributed by atoms with Crippen LogP contribution in [0, 0.1) is 11.6 Å². The molecule has 0 heterocycles. The van der Waals surface area contributed by atoms with Crippen molar-refractivity contribution in [3.63, 3.8) is 0 Å². The Kier molecular flexibility index (Phi) is 4.42. The van der Waals surface area contributed by atoms with E-state index in [0.717, 1.165) is 24.6 Å². The Morgan fingerprint density at radius 1 is 0.833 bits per heavy atom. The summed E-state index contributed by atoms with van der Waals surface area (Å²) in [5.74, 6) is -1.60. The second-order valence-electron chi connectivity index (χ2n) is 4.16. The van der Waals surface area contributed by atoms with Crippen LogP contribution < -0.4 is 5.32 Å². The van der Waals surface area contributed by atoms with Crippen LogP contribution in [0.1, 0.15) is 11.1 Å². The van der Waals surface area contributed by atoms with Crippen molar-refractivity contribution >= 4 is 0 Å². The maximum atomic E-state index is 13.0. The average molecular weight is 247 g/mol. The molecule has 2 aromatic rings. The predicted molar refractivity (Wildman–Crippen MR) is 68.2 cm³/mol. The highest BCUT2D eigenvalue weighted by atomic mass is 19.2. The Morgan fingerprint density at radius 3 is 2.33 bits per heavy atom. The number of hydrogen-bond donors (Lipinski definition) is 1. The third-order valence-electron chi connectivity index (χ3n) is 2.75. The van der Waals surface area contributed by atoms with E-state index in [0.29, 0.717) is 6.54 Å². The first kappa shape index (κ1) is 12.7. The summed E-state index contributed by atoms with van der Waals surface area (Å²) in [5, 5.41) is 3.21. The molecule has 0 spiro atoms. The van der Waals surface area contributed by atoms with Gasteiger partial charge in [0.1, 0.15) is 0 Å². The summed E-state index contributed by atoms with van der Waals surface area (Å²) in [6.45, 7) is 1.35. The van der Waals surface area contributed by atoms with E-state index >= 15 is 0 Å². The van der Waals surface area contributed by atoms with Crippen molar-refractivity contribution in [2.45, 2.75) is 13.0 Å². The monoisotopic (exact) mass is 247 g/mol. The minimum absolute atomic E-state index is 0.546. The molecule has 3 heteroatoms. The second-order valence-corrected chi connectivity index (χ2v) is 4.16. The van der Waals surface area contributed by atoms with Gasteiger partial charge in [-0.15, -0.1) is 0 Å². The molecular weight excluding hydrogens is 232 g/mol. The van der Waals surface area contributed by atoms with Crippen LogP contribution in [-0.4, -0.2) is 6.54 Å². The van der Waals surface area contributed by atoms with Crippen LogP contribution in [0.25, 0.3) is 0 Å². The maximum Gasteiger partial charge on any atom is 0.159 e. The zero-order valence-corrected chi connectivity index (χ0v) is 10.00. The van der Waals surface area contributed by atoms with E-state index in [1.165, 1.54) is 11.6 Å². The van der Waals surface area contributed by atoms with Crippen LogP contribution in [0.15, 0.2) is 48.5 Å². The molecule has 1 N–H and O–H groups in total. The Morgan fingerprint density at radius 2 is 1.61 bits per heavy atom. The zero-order chi connectivity index (χ0) is 12.8. The van der Waals surface area contributed by atoms with Crippen molar-refractivity contribution in [2.24, 2.45) is 0 Å². The SMILES string of the molecule is Fc1ccc(CNCCc2ccccc2)cc1F. The molecule has 0 unspecified atom stereocenters. The van der Waals surface area contributed by atoms with Crippen LogP contribution in [0.3, 0.4) is 0 Å². The minimum atomic E-state index is -0.803. The van der Waals surface area contributed by atoms with Crippen molar-refractivity contribution in [2.75, 3.05) is 6.54 Å². The molecule has 0 aliphatic carbocycles. The number of nitrogens with one attached hydrogen (secondary N) is 1. The highest BCUT2D eigenvalue weighted by molar-refractivity contribution is 5.18. The molecule has 0 fully saturated rings.